The Morgan fingerprint density at radius 1 is 1.07 bits per heavy atom. The maximum Gasteiger partial charge on any atom is 0.249 e. The number of fused-ring (bicyclic) bond motifs is 1. The smallest absolute Gasteiger partial charge is 0.249 e. The summed E-state index contributed by atoms with van der Waals surface area (Å²) in [7, 11) is 0. The van der Waals surface area contributed by atoms with Crippen LogP contribution in [-0.2, 0) is 4.79 Å². The minimum atomic E-state index is -0.308. The molecule has 0 fully saturated rings. The first-order chi connectivity index (χ1) is 13.3. The highest BCUT2D eigenvalue weighted by molar-refractivity contribution is 6.12. The van der Waals surface area contributed by atoms with Crippen LogP contribution in [0.3, 0.4) is 0 Å². The van der Waals surface area contributed by atoms with Gasteiger partial charge in [-0.05, 0) is 21.9 Å². The lowest BCUT2D eigenvalue weighted by atomic mass is 9.95. The lowest BCUT2D eigenvalue weighted by Crippen LogP contribution is -2.28. The summed E-state index contributed by atoms with van der Waals surface area (Å²) in [6, 6.07) is 23.8. The van der Waals surface area contributed by atoms with Crippen molar-refractivity contribution in [2.45, 2.75) is 12.5 Å². The van der Waals surface area contributed by atoms with Crippen molar-refractivity contribution in [1.82, 2.24) is 5.01 Å². The predicted octanol–water partition coefficient (Wildman–Crippen LogP) is 4.83. The van der Waals surface area contributed by atoms with Crippen LogP contribution in [-0.4, -0.2) is 23.2 Å². The molecule has 27 heavy (non-hydrogen) atoms. The van der Waals surface area contributed by atoms with Gasteiger partial charge in [-0.1, -0.05) is 77.9 Å². The SMILES string of the molecule is [N-]=[N+]=NCC(=O)N1N=C(c2cccc3ccccc23)C[C@@H]1c1ccccc1. The van der Waals surface area contributed by atoms with E-state index in [1.165, 1.54) is 5.01 Å². The monoisotopic (exact) mass is 355 g/mol. The third-order valence-corrected chi connectivity index (χ3v) is 4.72. The number of rotatable bonds is 4. The summed E-state index contributed by atoms with van der Waals surface area (Å²) >= 11 is 0. The van der Waals surface area contributed by atoms with Crippen LogP contribution in [0.5, 0.6) is 0 Å². The van der Waals surface area contributed by atoms with Gasteiger partial charge in [-0.2, -0.15) is 5.10 Å². The standard InChI is InChI=1S/C21H17N5O/c22-25-23-14-21(27)26-20(16-8-2-1-3-9-16)13-19(24-26)18-12-6-10-15-7-4-5-11-17(15)18/h1-12,20H,13-14H2/t20-/m1/s1. The average Bonchev–Trinajstić information content (AvgIpc) is 3.17. The fourth-order valence-electron chi connectivity index (χ4n) is 3.48. The van der Waals surface area contributed by atoms with Gasteiger partial charge in [0.25, 0.3) is 0 Å². The van der Waals surface area contributed by atoms with Gasteiger partial charge in [-0.3, -0.25) is 4.79 Å². The zero-order valence-electron chi connectivity index (χ0n) is 14.6. The van der Waals surface area contributed by atoms with Crippen molar-refractivity contribution in [3.8, 4) is 0 Å². The van der Waals surface area contributed by atoms with Gasteiger partial charge in [-0.15, -0.1) is 0 Å². The van der Waals surface area contributed by atoms with Crippen LogP contribution in [0, 0.1) is 0 Å². The maximum absolute atomic E-state index is 12.6. The second kappa shape index (κ2) is 7.32. The van der Waals surface area contributed by atoms with E-state index < -0.39 is 0 Å². The van der Waals surface area contributed by atoms with E-state index in [1.54, 1.807) is 0 Å². The molecule has 0 saturated carbocycles. The predicted molar refractivity (Wildman–Crippen MR) is 105 cm³/mol. The molecule has 1 atom stereocenters. The largest absolute Gasteiger partial charge is 0.273 e. The van der Waals surface area contributed by atoms with Gasteiger partial charge in [0.1, 0.15) is 6.54 Å². The van der Waals surface area contributed by atoms with Crippen molar-refractivity contribution in [2.24, 2.45) is 10.2 Å². The molecule has 1 amide bonds. The molecule has 6 nitrogen and oxygen atoms in total. The van der Waals surface area contributed by atoms with Crippen LogP contribution in [0.2, 0.25) is 0 Å². The topological polar surface area (TPSA) is 81.4 Å². The highest BCUT2D eigenvalue weighted by Crippen LogP contribution is 2.34. The first-order valence-electron chi connectivity index (χ1n) is 8.71. The lowest BCUT2D eigenvalue weighted by Gasteiger charge is -2.21. The zero-order chi connectivity index (χ0) is 18.6. The minimum absolute atomic E-state index is 0.207. The van der Waals surface area contributed by atoms with Gasteiger partial charge in [0.15, 0.2) is 0 Å². The molecular weight excluding hydrogens is 338 g/mol. The fraction of sp³-hybridized carbons (Fsp3) is 0.143. The zero-order valence-corrected chi connectivity index (χ0v) is 14.6. The Kier molecular flexibility index (Phi) is 4.56. The number of benzene rings is 3. The van der Waals surface area contributed by atoms with E-state index in [9.17, 15) is 4.79 Å². The van der Waals surface area contributed by atoms with Crippen molar-refractivity contribution in [2.75, 3.05) is 6.54 Å². The Hall–Kier alpha value is -3.63. The molecule has 0 radical (unpaired) electrons. The molecule has 0 aliphatic carbocycles. The molecule has 1 heterocycles. The molecular formula is C21H17N5O. The average molecular weight is 355 g/mol. The number of carbonyl (C=O) groups excluding carboxylic acids is 1. The van der Waals surface area contributed by atoms with E-state index in [0.29, 0.717) is 6.42 Å². The first-order valence-corrected chi connectivity index (χ1v) is 8.71. The third-order valence-electron chi connectivity index (χ3n) is 4.72. The molecule has 132 valence electrons. The van der Waals surface area contributed by atoms with Crippen LogP contribution in [0.25, 0.3) is 21.2 Å². The van der Waals surface area contributed by atoms with Crippen molar-refractivity contribution >= 4 is 22.4 Å². The molecule has 0 N–H and O–H groups in total. The quantitative estimate of drug-likeness (QED) is 0.375. The van der Waals surface area contributed by atoms with Gasteiger partial charge in [0.2, 0.25) is 5.91 Å². The molecule has 1 aliphatic heterocycles. The number of nitrogens with zero attached hydrogens (tertiary/aromatic N) is 5. The number of hydrogen-bond acceptors (Lipinski definition) is 3. The Balaban J connectivity index is 1.77. The molecule has 1 aliphatic rings. The fourth-order valence-corrected chi connectivity index (χ4v) is 3.48. The Morgan fingerprint density at radius 2 is 1.81 bits per heavy atom. The molecule has 0 aromatic heterocycles. The van der Waals surface area contributed by atoms with Crippen LogP contribution in [0.1, 0.15) is 23.6 Å². The van der Waals surface area contributed by atoms with Gasteiger partial charge in [0, 0.05) is 16.9 Å². The van der Waals surface area contributed by atoms with Crippen LogP contribution >= 0.6 is 0 Å². The van der Waals surface area contributed by atoms with Gasteiger partial charge < -0.3 is 0 Å². The summed E-state index contributed by atoms with van der Waals surface area (Å²) in [5.41, 5.74) is 11.4. The molecule has 0 saturated heterocycles. The third kappa shape index (κ3) is 3.26. The maximum atomic E-state index is 12.6. The number of carbonyl (C=O) groups is 1. The molecule has 0 spiro atoms. The molecule has 3 aromatic carbocycles. The lowest BCUT2D eigenvalue weighted by molar-refractivity contribution is -0.131. The molecule has 4 rings (SSSR count). The number of amides is 1. The van der Waals surface area contributed by atoms with Gasteiger partial charge >= 0.3 is 0 Å². The summed E-state index contributed by atoms with van der Waals surface area (Å²) < 4.78 is 0. The number of hydrazone groups is 1. The van der Waals surface area contributed by atoms with E-state index in [4.69, 9.17) is 5.53 Å². The van der Waals surface area contributed by atoms with Crippen molar-refractivity contribution < 1.29 is 4.79 Å². The van der Waals surface area contributed by atoms with Crippen molar-refractivity contribution in [3.05, 3.63) is 94.4 Å². The Bertz CT molecular complexity index is 1060. The Morgan fingerprint density at radius 3 is 2.63 bits per heavy atom. The highest BCUT2D eigenvalue weighted by Gasteiger charge is 2.33. The van der Waals surface area contributed by atoms with E-state index in [-0.39, 0.29) is 18.5 Å². The number of azide groups is 1. The first kappa shape index (κ1) is 16.8. The van der Waals surface area contributed by atoms with E-state index >= 15 is 0 Å². The summed E-state index contributed by atoms with van der Waals surface area (Å²) in [5, 5.41) is 11.7. The van der Waals surface area contributed by atoms with Crippen LogP contribution in [0.4, 0.5) is 0 Å². The van der Waals surface area contributed by atoms with E-state index in [1.807, 2.05) is 54.6 Å². The summed E-state index contributed by atoms with van der Waals surface area (Å²) in [4.78, 5) is 15.3. The minimum Gasteiger partial charge on any atom is -0.273 e. The summed E-state index contributed by atoms with van der Waals surface area (Å²) in [6.07, 6.45) is 0.611. The van der Waals surface area contributed by atoms with Crippen molar-refractivity contribution in [1.29, 1.82) is 0 Å². The van der Waals surface area contributed by atoms with Gasteiger partial charge in [-0.25, -0.2) is 5.01 Å². The second-order valence-electron chi connectivity index (χ2n) is 6.33. The normalized spacial score (nSPS) is 16.1. The summed E-state index contributed by atoms with van der Waals surface area (Å²) in [5.74, 6) is -0.308. The van der Waals surface area contributed by atoms with E-state index in [0.717, 1.165) is 27.6 Å². The second-order valence-corrected chi connectivity index (χ2v) is 6.33. The molecule has 6 heteroatoms. The molecule has 0 unspecified atom stereocenters. The number of hydrogen-bond donors (Lipinski definition) is 0. The van der Waals surface area contributed by atoms with Crippen LogP contribution < -0.4 is 0 Å². The molecule has 0 bridgehead atoms. The van der Waals surface area contributed by atoms with E-state index in [2.05, 4.69) is 33.3 Å². The van der Waals surface area contributed by atoms with Crippen molar-refractivity contribution in [3.63, 3.8) is 0 Å². The van der Waals surface area contributed by atoms with Crippen LogP contribution in [0.15, 0.2) is 83.0 Å². The summed E-state index contributed by atoms with van der Waals surface area (Å²) in [6.45, 7) is -0.244. The highest BCUT2D eigenvalue weighted by atomic mass is 16.2. The molecule has 3 aromatic rings. The Labute approximate surface area is 156 Å². The van der Waals surface area contributed by atoms with Gasteiger partial charge in [0.05, 0.1) is 11.8 Å².